The van der Waals surface area contributed by atoms with Crippen LogP contribution in [-0.4, -0.2) is 28.8 Å². The van der Waals surface area contributed by atoms with Gasteiger partial charge in [0.25, 0.3) is 0 Å². The predicted molar refractivity (Wildman–Crippen MR) is 63.5 cm³/mol. The average molecular weight is 244 g/mol. The lowest BCUT2D eigenvalue weighted by molar-refractivity contribution is -0.141. The van der Waals surface area contributed by atoms with Crippen molar-refractivity contribution in [3.8, 4) is 0 Å². The number of carbonyl (C=O) groups is 1. The Hall–Kier alpha value is -0.380. The SMILES string of the molecule is COC(=O)CC1(CS(=O)CCC2CC2)CC1. The first-order valence-electron chi connectivity index (χ1n) is 6.05. The first-order valence-corrected chi connectivity index (χ1v) is 7.54. The van der Waals surface area contributed by atoms with Gasteiger partial charge in [-0.2, -0.15) is 0 Å². The highest BCUT2D eigenvalue weighted by Crippen LogP contribution is 2.49. The van der Waals surface area contributed by atoms with Gasteiger partial charge in [-0.3, -0.25) is 9.00 Å². The molecule has 0 aromatic heterocycles. The van der Waals surface area contributed by atoms with E-state index in [1.165, 1.54) is 20.0 Å². The second-order valence-electron chi connectivity index (χ2n) is 5.27. The summed E-state index contributed by atoms with van der Waals surface area (Å²) in [4.78, 5) is 11.2. The van der Waals surface area contributed by atoms with Crippen LogP contribution in [0.15, 0.2) is 0 Å². The van der Waals surface area contributed by atoms with Crippen LogP contribution in [0.3, 0.4) is 0 Å². The van der Waals surface area contributed by atoms with Gasteiger partial charge in [-0.1, -0.05) is 12.8 Å². The first kappa shape index (κ1) is 12.1. The van der Waals surface area contributed by atoms with Gasteiger partial charge >= 0.3 is 5.97 Å². The number of esters is 1. The van der Waals surface area contributed by atoms with Gasteiger partial charge in [-0.25, -0.2) is 0 Å². The van der Waals surface area contributed by atoms with E-state index >= 15 is 0 Å². The minimum Gasteiger partial charge on any atom is -0.469 e. The number of rotatable bonds is 7. The summed E-state index contributed by atoms with van der Waals surface area (Å²) in [6.45, 7) is 0. The Morgan fingerprint density at radius 2 is 2.12 bits per heavy atom. The molecule has 0 aromatic carbocycles. The zero-order valence-corrected chi connectivity index (χ0v) is 10.7. The predicted octanol–water partition coefficient (Wildman–Crippen LogP) is 1.88. The molecule has 92 valence electrons. The fourth-order valence-corrected chi connectivity index (χ4v) is 3.86. The van der Waals surface area contributed by atoms with Crippen LogP contribution in [0.4, 0.5) is 0 Å². The highest BCUT2D eigenvalue weighted by molar-refractivity contribution is 7.85. The van der Waals surface area contributed by atoms with E-state index in [-0.39, 0.29) is 11.4 Å². The van der Waals surface area contributed by atoms with E-state index in [1.54, 1.807) is 0 Å². The fraction of sp³-hybridized carbons (Fsp3) is 0.917. The van der Waals surface area contributed by atoms with Gasteiger partial charge in [0.2, 0.25) is 0 Å². The number of hydrogen-bond acceptors (Lipinski definition) is 3. The van der Waals surface area contributed by atoms with Crippen LogP contribution < -0.4 is 0 Å². The lowest BCUT2D eigenvalue weighted by atomic mass is 10.1. The topological polar surface area (TPSA) is 43.4 Å². The first-order chi connectivity index (χ1) is 7.63. The molecule has 0 spiro atoms. The third kappa shape index (κ3) is 3.58. The van der Waals surface area contributed by atoms with E-state index < -0.39 is 10.8 Å². The number of methoxy groups -OCH3 is 1. The van der Waals surface area contributed by atoms with Crippen molar-refractivity contribution in [1.29, 1.82) is 0 Å². The molecule has 0 bridgehead atoms. The third-order valence-corrected chi connectivity index (χ3v) is 5.25. The maximum absolute atomic E-state index is 11.9. The monoisotopic (exact) mass is 244 g/mol. The van der Waals surface area contributed by atoms with Gasteiger partial charge in [0.1, 0.15) is 0 Å². The Balaban J connectivity index is 1.70. The van der Waals surface area contributed by atoms with E-state index in [1.807, 2.05) is 0 Å². The molecule has 2 fully saturated rings. The number of hydrogen-bond donors (Lipinski definition) is 0. The van der Waals surface area contributed by atoms with Crippen LogP contribution in [0.5, 0.6) is 0 Å². The summed E-state index contributed by atoms with van der Waals surface area (Å²) >= 11 is 0. The molecule has 1 unspecified atom stereocenters. The summed E-state index contributed by atoms with van der Waals surface area (Å²) in [5.74, 6) is 2.22. The smallest absolute Gasteiger partial charge is 0.306 e. The maximum atomic E-state index is 11.9. The number of ether oxygens (including phenoxy) is 1. The highest BCUT2D eigenvalue weighted by atomic mass is 32.2. The molecule has 0 aromatic rings. The van der Waals surface area contributed by atoms with Gasteiger partial charge < -0.3 is 4.74 Å². The second kappa shape index (κ2) is 4.86. The van der Waals surface area contributed by atoms with Crippen molar-refractivity contribution < 1.29 is 13.7 Å². The van der Waals surface area contributed by atoms with Gasteiger partial charge in [-0.15, -0.1) is 0 Å². The fourth-order valence-electron chi connectivity index (χ4n) is 2.05. The van der Waals surface area contributed by atoms with Crippen molar-refractivity contribution >= 4 is 16.8 Å². The summed E-state index contributed by atoms with van der Waals surface area (Å²) in [6.07, 6.45) is 6.29. The Bertz CT molecular complexity index is 293. The molecule has 1 atom stereocenters. The molecule has 0 heterocycles. The van der Waals surface area contributed by atoms with Gasteiger partial charge in [-0.05, 0) is 30.6 Å². The van der Waals surface area contributed by atoms with Crippen molar-refractivity contribution in [3.05, 3.63) is 0 Å². The molecule has 3 nitrogen and oxygen atoms in total. The maximum Gasteiger partial charge on any atom is 0.306 e. The van der Waals surface area contributed by atoms with Crippen LogP contribution in [-0.2, 0) is 20.3 Å². The number of carbonyl (C=O) groups excluding carboxylic acids is 1. The standard InChI is InChI=1S/C12H20O3S/c1-15-11(13)8-12(5-6-12)9-16(14)7-4-10-2-3-10/h10H,2-9H2,1H3. The molecule has 2 rings (SSSR count). The van der Waals surface area contributed by atoms with E-state index in [9.17, 15) is 9.00 Å². The molecule has 2 saturated carbocycles. The van der Waals surface area contributed by atoms with Gasteiger partial charge in [0.05, 0.1) is 13.5 Å². The molecular formula is C12H20O3S. The molecule has 2 aliphatic rings. The van der Waals surface area contributed by atoms with Crippen LogP contribution in [0.25, 0.3) is 0 Å². The van der Waals surface area contributed by atoms with Crippen molar-refractivity contribution in [3.63, 3.8) is 0 Å². The summed E-state index contributed by atoms with van der Waals surface area (Å²) in [5, 5.41) is 0. The van der Waals surface area contributed by atoms with Gasteiger partial charge in [0.15, 0.2) is 0 Å². The van der Waals surface area contributed by atoms with Crippen LogP contribution in [0, 0.1) is 11.3 Å². The van der Waals surface area contributed by atoms with E-state index in [4.69, 9.17) is 0 Å². The molecule has 0 N–H and O–H groups in total. The molecule has 0 aliphatic heterocycles. The van der Waals surface area contributed by atoms with E-state index in [2.05, 4.69) is 4.74 Å². The minimum atomic E-state index is -0.734. The highest BCUT2D eigenvalue weighted by Gasteiger charge is 2.45. The Morgan fingerprint density at radius 1 is 1.44 bits per heavy atom. The molecule has 2 aliphatic carbocycles. The third-order valence-electron chi connectivity index (χ3n) is 3.62. The van der Waals surface area contributed by atoms with Gasteiger partial charge in [0, 0.05) is 22.3 Å². The quantitative estimate of drug-likeness (QED) is 0.642. The summed E-state index contributed by atoms with van der Waals surface area (Å²) in [6, 6.07) is 0. The zero-order valence-electron chi connectivity index (χ0n) is 9.87. The van der Waals surface area contributed by atoms with E-state index in [0.717, 1.165) is 30.9 Å². The molecule has 4 heteroatoms. The van der Waals surface area contributed by atoms with Crippen LogP contribution in [0.1, 0.15) is 38.5 Å². The van der Waals surface area contributed by atoms with E-state index in [0.29, 0.717) is 12.2 Å². The molecule has 0 radical (unpaired) electrons. The molecular weight excluding hydrogens is 224 g/mol. The lowest BCUT2D eigenvalue weighted by Crippen LogP contribution is -2.19. The zero-order chi connectivity index (χ0) is 11.6. The van der Waals surface area contributed by atoms with Crippen LogP contribution in [0.2, 0.25) is 0 Å². The average Bonchev–Trinajstić information content (AvgIpc) is 3.11. The molecule has 0 amide bonds. The van der Waals surface area contributed by atoms with Crippen molar-refractivity contribution in [2.75, 3.05) is 18.6 Å². The Morgan fingerprint density at radius 3 is 2.62 bits per heavy atom. The summed E-state index contributed by atoms with van der Waals surface area (Å²) in [7, 11) is 0.685. The Kier molecular flexibility index (Phi) is 3.67. The minimum absolute atomic E-state index is 0.0293. The largest absolute Gasteiger partial charge is 0.469 e. The lowest BCUT2D eigenvalue weighted by Gasteiger charge is -2.12. The van der Waals surface area contributed by atoms with Crippen molar-refractivity contribution in [2.24, 2.45) is 11.3 Å². The summed E-state index contributed by atoms with van der Waals surface area (Å²) < 4.78 is 16.5. The normalized spacial score (nSPS) is 23.8. The van der Waals surface area contributed by atoms with Crippen molar-refractivity contribution in [1.82, 2.24) is 0 Å². The van der Waals surface area contributed by atoms with Crippen LogP contribution >= 0.6 is 0 Å². The van der Waals surface area contributed by atoms with Crippen molar-refractivity contribution in [2.45, 2.75) is 38.5 Å². The second-order valence-corrected chi connectivity index (χ2v) is 6.85. The molecule has 0 saturated heterocycles. The summed E-state index contributed by atoms with van der Waals surface area (Å²) in [5.41, 5.74) is 0.0293. The Labute approximate surface area is 99.4 Å². The molecule has 16 heavy (non-hydrogen) atoms.